The van der Waals surface area contributed by atoms with Gasteiger partial charge in [-0.15, -0.1) is 0 Å². The maximum absolute atomic E-state index is 10.4. The Bertz CT molecular complexity index is 336. The normalized spacial score (nSPS) is 29.2. The maximum Gasteiger partial charge on any atom is 0.0694 e. The van der Waals surface area contributed by atoms with Crippen LogP contribution in [0.5, 0.6) is 0 Å². The van der Waals surface area contributed by atoms with Crippen molar-refractivity contribution >= 4 is 0 Å². The van der Waals surface area contributed by atoms with Gasteiger partial charge in [0.25, 0.3) is 0 Å². The molecule has 0 aromatic heterocycles. The van der Waals surface area contributed by atoms with Crippen molar-refractivity contribution in [1.82, 2.24) is 0 Å². The zero-order chi connectivity index (χ0) is 12.1. The fourth-order valence-corrected chi connectivity index (χ4v) is 2.64. The molecule has 2 nitrogen and oxygen atoms in total. The van der Waals surface area contributed by atoms with E-state index in [1.807, 2.05) is 13.0 Å². The van der Waals surface area contributed by atoms with Gasteiger partial charge in [0.05, 0.1) is 11.7 Å². The van der Waals surface area contributed by atoms with E-state index >= 15 is 0 Å². The largest absolute Gasteiger partial charge is 0.390 e. The molecular formula is C15H22O2. The second kappa shape index (κ2) is 5.65. The van der Waals surface area contributed by atoms with Gasteiger partial charge >= 0.3 is 0 Å². The average molecular weight is 234 g/mol. The number of hydrogen-bond donors (Lipinski definition) is 1. The minimum absolute atomic E-state index is 0.200. The van der Waals surface area contributed by atoms with E-state index in [0.29, 0.717) is 6.61 Å². The van der Waals surface area contributed by atoms with Crippen LogP contribution in [-0.2, 0) is 11.2 Å². The van der Waals surface area contributed by atoms with Crippen LogP contribution in [0.25, 0.3) is 0 Å². The van der Waals surface area contributed by atoms with Crippen LogP contribution in [0.4, 0.5) is 0 Å². The molecule has 1 aromatic carbocycles. The monoisotopic (exact) mass is 234 g/mol. The highest BCUT2D eigenvalue weighted by Crippen LogP contribution is 2.29. The van der Waals surface area contributed by atoms with Gasteiger partial charge in [-0.05, 0) is 38.2 Å². The third-order valence-corrected chi connectivity index (χ3v) is 3.59. The van der Waals surface area contributed by atoms with Crippen molar-refractivity contribution in [3.8, 4) is 0 Å². The molecule has 0 radical (unpaired) electrons. The van der Waals surface area contributed by atoms with Crippen molar-refractivity contribution in [3.63, 3.8) is 0 Å². The van der Waals surface area contributed by atoms with E-state index < -0.39 is 5.60 Å². The Hall–Kier alpha value is -0.860. The summed E-state index contributed by atoms with van der Waals surface area (Å²) in [5.74, 6) is 0. The molecular weight excluding hydrogens is 212 g/mol. The zero-order valence-corrected chi connectivity index (χ0v) is 10.6. The summed E-state index contributed by atoms with van der Waals surface area (Å²) in [6.45, 7) is 2.74. The van der Waals surface area contributed by atoms with Crippen LogP contribution >= 0.6 is 0 Å². The van der Waals surface area contributed by atoms with E-state index in [4.69, 9.17) is 4.74 Å². The molecule has 94 valence electrons. The van der Waals surface area contributed by atoms with E-state index in [-0.39, 0.29) is 6.10 Å². The molecule has 1 fully saturated rings. The SMILES string of the molecule is CC1CC(O)(CCCc2ccccc2)CCO1. The van der Waals surface area contributed by atoms with Gasteiger partial charge in [0.2, 0.25) is 0 Å². The van der Waals surface area contributed by atoms with Crippen LogP contribution in [0.15, 0.2) is 30.3 Å². The molecule has 0 amide bonds. The van der Waals surface area contributed by atoms with Crippen molar-refractivity contribution in [2.45, 2.75) is 50.7 Å². The van der Waals surface area contributed by atoms with Crippen molar-refractivity contribution in [2.75, 3.05) is 6.61 Å². The minimum Gasteiger partial charge on any atom is -0.390 e. The first-order valence-electron chi connectivity index (χ1n) is 6.56. The highest BCUT2D eigenvalue weighted by molar-refractivity contribution is 5.14. The Balaban J connectivity index is 1.78. The summed E-state index contributed by atoms with van der Waals surface area (Å²) in [5.41, 5.74) is 0.864. The minimum atomic E-state index is -0.494. The standard InChI is InChI=1S/C15H22O2/c1-13-12-15(16,10-11-17-13)9-5-8-14-6-3-2-4-7-14/h2-4,6-7,13,16H,5,8-12H2,1H3. The Morgan fingerprint density at radius 1 is 1.35 bits per heavy atom. The molecule has 1 heterocycles. The predicted molar refractivity (Wildman–Crippen MR) is 69.0 cm³/mol. The Morgan fingerprint density at radius 3 is 2.82 bits per heavy atom. The van der Waals surface area contributed by atoms with Crippen LogP contribution in [-0.4, -0.2) is 23.4 Å². The Labute approximate surface area is 104 Å². The highest BCUT2D eigenvalue weighted by atomic mass is 16.5. The van der Waals surface area contributed by atoms with Gasteiger partial charge in [0, 0.05) is 13.0 Å². The van der Waals surface area contributed by atoms with E-state index in [2.05, 4.69) is 24.3 Å². The van der Waals surface area contributed by atoms with Gasteiger partial charge in [-0.2, -0.15) is 0 Å². The van der Waals surface area contributed by atoms with Crippen molar-refractivity contribution < 1.29 is 9.84 Å². The van der Waals surface area contributed by atoms with Crippen LogP contribution in [0.3, 0.4) is 0 Å². The lowest BCUT2D eigenvalue weighted by atomic mass is 9.85. The van der Waals surface area contributed by atoms with E-state index in [0.717, 1.165) is 32.1 Å². The summed E-state index contributed by atoms with van der Waals surface area (Å²) in [6, 6.07) is 10.5. The third kappa shape index (κ3) is 3.83. The van der Waals surface area contributed by atoms with E-state index in [9.17, 15) is 5.11 Å². The zero-order valence-electron chi connectivity index (χ0n) is 10.6. The summed E-state index contributed by atoms with van der Waals surface area (Å²) in [7, 11) is 0. The lowest BCUT2D eigenvalue weighted by Gasteiger charge is -2.35. The molecule has 1 N–H and O–H groups in total. The first-order valence-corrected chi connectivity index (χ1v) is 6.56. The first-order chi connectivity index (χ1) is 8.18. The third-order valence-electron chi connectivity index (χ3n) is 3.59. The van der Waals surface area contributed by atoms with E-state index in [1.165, 1.54) is 5.56 Å². The highest BCUT2D eigenvalue weighted by Gasteiger charge is 2.32. The van der Waals surface area contributed by atoms with Gasteiger partial charge in [-0.3, -0.25) is 0 Å². The molecule has 0 spiro atoms. The molecule has 1 aromatic rings. The second-order valence-electron chi connectivity index (χ2n) is 5.20. The van der Waals surface area contributed by atoms with Crippen molar-refractivity contribution in [3.05, 3.63) is 35.9 Å². The van der Waals surface area contributed by atoms with Gasteiger partial charge in [-0.1, -0.05) is 30.3 Å². The Kier molecular flexibility index (Phi) is 4.19. The average Bonchev–Trinajstić information content (AvgIpc) is 2.30. The van der Waals surface area contributed by atoms with Gasteiger partial charge in [0.1, 0.15) is 0 Å². The number of aliphatic hydroxyl groups is 1. The summed E-state index contributed by atoms with van der Waals surface area (Å²) >= 11 is 0. The van der Waals surface area contributed by atoms with Gasteiger partial charge in [0.15, 0.2) is 0 Å². The number of aryl methyl sites for hydroxylation is 1. The molecule has 2 unspecified atom stereocenters. The predicted octanol–water partition coefficient (Wildman–Crippen LogP) is 2.94. The lowest BCUT2D eigenvalue weighted by molar-refractivity contribution is -0.101. The summed E-state index contributed by atoms with van der Waals surface area (Å²) in [5, 5.41) is 10.4. The molecule has 2 atom stereocenters. The fraction of sp³-hybridized carbons (Fsp3) is 0.600. The van der Waals surface area contributed by atoms with Crippen molar-refractivity contribution in [2.24, 2.45) is 0 Å². The molecule has 2 rings (SSSR count). The first kappa shape index (κ1) is 12.6. The summed E-state index contributed by atoms with van der Waals surface area (Å²) in [6.07, 6.45) is 4.75. The van der Waals surface area contributed by atoms with Crippen LogP contribution in [0, 0.1) is 0 Å². The number of benzene rings is 1. The molecule has 0 bridgehead atoms. The molecule has 2 heteroatoms. The maximum atomic E-state index is 10.4. The fourth-order valence-electron chi connectivity index (χ4n) is 2.64. The molecule has 0 saturated carbocycles. The van der Waals surface area contributed by atoms with Gasteiger partial charge in [-0.25, -0.2) is 0 Å². The lowest BCUT2D eigenvalue weighted by Crippen LogP contribution is -2.39. The molecule has 1 aliphatic rings. The van der Waals surface area contributed by atoms with Crippen LogP contribution < -0.4 is 0 Å². The number of ether oxygens (including phenoxy) is 1. The Morgan fingerprint density at radius 2 is 2.12 bits per heavy atom. The number of rotatable bonds is 4. The number of hydrogen-bond acceptors (Lipinski definition) is 2. The van der Waals surface area contributed by atoms with E-state index in [1.54, 1.807) is 0 Å². The topological polar surface area (TPSA) is 29.5 Å². The van der Waals surface area contributed by atoms with Crippen molar-refractivity contribution in [1.29, 1.82) is 0 Å². The van der Waals surface area contributed by atoms with Crippen LogP contribution in [0.2, 0.25) is 0 Å². The smallest absolute Gasteiger partial charge is 0.0694 e. The molecule has 1 saturated heterocycles. The second-order valence-corrected chi connectivity index (χ2v) is 5.20. The quantitative estimate of drug-likeness (QED) is 0.868. The summed E-state index contributed by atoms with van der Waals surface area (Å²) in [4.78, 5) is 0. The molecule has 1 aliphatic heterocycles. The summed E-state index contributed by atoms with van der Waals surface area (Å²) < 4.78 is 5.48. The molecule has 17 heavy (non-hydrogen) atoms. The van der Waals surface area contributed by atoms with Crippen LogP contribution in [0.1, 0.15) is 38.2 Å². The molecule has 0 aliphatic carbocycles. The van der Waals surface area contributed by atoms with Gasteiger partial charge < -0.3 is 9.84 Å².